The maximum absolute atomic E-state index is 13.3. The van der Waals surface area contributed by atoms with Crippen molar-refractivity contribution in [3.8, 4) is 0 Å². The number of amides is 3. The SMILES string of the molecule is O=C1[C@@H]2CN(C(=O)N3CCCC3)C[C@@H]2CN1Cc1cccc(F)c1. The van der Waals surface area contributed by atoms with Crippen LogP contribution < -0.4 is 0 Å². The predicted octanol–water partition coefficient (Wildman–Crippen LogP) is 1.93. The Morgan fingerprint density at radius 2 is 1.92 bits per heavy atom. The first-order valence-corrected chi connectivity index (χ1v) is 8.69. The average molecular weight is 331 g/mol. The quantitative estimate of drug-likeness (QED) is 0.831. The third-order valence-corrected chi connectivity index (χ3v) is 5.43. The second-order valence-corrected chi connectivity index (χ2v) is 7.10. The zero-order valence-corrected chi connectivity index (χ0v) is 13.7. The number of carbonyl (C=O) groups is 2. The zero-order chi connectivity index (χ0) is 16.7. The van der Waals surface area contributed by atoms with Crippen molar-refractivity contribution >= 4 is 11.9 Å². The molecule has 0 N–H and O–H groups in total. The molecule has 1 aromatic carbocycles. The lowest BCUT2D eigenvalue weighted by atomic mass is 10.0. The molecule has 0 radical (unpaired) electrons. The van der Waals surface area contributed by atoms with E-state index in [2.05, 4.69) is 0 Å². The number of hydrogen-bond donors (Lipinski definition) is 0. The van der Waals surface area contributed by atoms with Crippen LogP contribution >= 0.6 is 0 Å². The van der Waals surface area contributed by atoms with Crippen LogP contribution in [0.5, 0.6) is 0 Å². The Hall–Kier alpha value is -2.11. The van der Waals surface area contributed by atoms with Crippen LogP contribution in [0.25, 0.3) is 0 Å². The average Bonchev–Trinajstić information content (AvgIpc) is 3.27. The molecule has 3 fully saturated rings. The van der Waals surface area contributed by atoms with Crippen LogP contribution in [-0.2, 0) is 11.3 Å². The van der Waals surface area contributed by atoms with E-state index in [0.717, 1.165) is 31.5 Å². The van der Waals surface area contributed by atoms with Crippen molar-refractivity contribution in [3.63, 3.8) is 0 Å². The van der Waals surface area contributed by atoms with Crippen LogP contribution in [-0.4, -0.2) is 59.4 Å². The van der Waals surface area contributed by atoms with E-state index in [4.69, 9.17) is 0 Å². The van der Waals surface area contributed by atoms with E-state index in [1.165, 1.54) is 12.1 Å². The van der Waals surface area contributed by atoms with Gasteiger partial charge in [-0.25, -0.2) is 9.18 Å². The number of urea groups is 1. The predicted molar refractivity (Wildman–Crippen MR) is 86.6 cm³/mol. The smallest absolute Gasteiger partial charge is 0.320 e. The van der Waals surface area contributed by atoms with Crippen molar-refractivity contribution in [2.24, 2.45) is 11.8 Å². The van der Waals surface area contributed by atoms with E-state index in [9.17, 15) is 14.0 Å². The molecule has 0 spiro atoms. The summed E-state index contributed by atoms with van der Waals surface area (Å²) in [5.74, 6) is -0.0644. The van der Waals surface area contributed by atoms with E-state index in [1.54, 1.807) is 6.07 Å². The lowest BCUT2D eigenvalue weighted by molar-refractivity contribution is -0.131. The molecule has 4 rings (SSSR count). The molecule has 0 aliphatic carbocycles. The highest BCUT2D eigenvalue weighted by molar-refractivity contribution is 5.84. The molecular weight excluding hydrogens is 309 g/mol. The number of benzene rings is 1. The van der Waals surface area contributed by atoms with Crippen molar-refractivity contribution in [3.05, 3.63) is 35.6 Å². The second kappa shape index (κ2) is 6.07. The summed E-state index contributed by atoms with van der Waals surface area (Å²) in [7, 11) is 0. The van der Waals surface area contributed by atoms with Crippen LogP contribution in [0, 0.1) is 17.7 Å². The van der Waals surface area contributed by atoms with Crippen LogP contribution in [0.2, 0.25) is 0 Å². The Balaban J connectivity index is 1.38. The molecule has 3 heterocycles. The first-order valence-electron chi connectivity index (χ1n) is 8.69. The Morgan fingerprint density at radius 1 is 1.12 bits per heavy atom. The van der Waals surface area contributed by atoms with Gasteiger partial charge in [0.2, 0.25) is 5.91 Å². The van der Waals surface area contributed by atoms with E-state index in [-0.39, 0.29) is 29.6 Å². The normalized spacial score (nSPS) is 26.4. The van der Waals surface area contributed by atoms with Crippen LogP contribution in [0.3, 0.4) is 0 Å². The Labute approximate surface area is 141 Å². The maximum atomic E-state index is 13.3. The molecule has 3 aliphatic rings. The van der Waals surface area contributed by atoms with Crippen LogP contribution in [0.1, 0.15) is 18.4 Å². The molecule has 5 nitrogen and oxygen atoms in total. The third-order valence-electron chi connectivity index (χ3n) is 5.43. The highest BCUT2D eigenvalue weighted by atomic mass is 19.1. The first kappa shape index (κ1) is 15.4. The van der Waals surface area contributed by atoms with Crippen molar-refractivity contribution in [2.45, 2.75) is 19.4 Å². The number of halogens is 1. The number of hydrogen-bond acceptors (Lipinski definition) is 2. The first-order chi connectivity index (χ1) is 11.6. The molecule has 0 aromatic heterocycles. The molecule has 6 heteroatoms. The number of likely N-dealkylation sites (tertiary alicyclic amines) is 3. The van der Waals surface area contributed by atoms with Gasteiger partial charge in [0.1, 0.15) is 5.82 Å². The van der Waals surface area contributed by atoms with Gasteiger partial charge in [0, 0.05) is 45.2 Å². The zero-order valence-electron chi connectivity index (χ0n) is 13.7. The minimum absolute atomic E-state index is 0.0892. The van der Waals surface area contributed by atoms with Crippen molar-refractivity contribution < 1.29 is 14.0 Å². The Morgan fingerprint density at radius 3 is 2.62 bits per heavy atom. The lowest BCUT2D eigenvalue weighted by Gasteiger charge is -2.26. The molecule has 0 unspecified atom stereocenters. The molecule has 24 heavy (non-hydrogen) atoms. The number of rotatable bonds is 2. The van der Waals surface area contributed by atoms with E-state index >= 15 is 0 Å². The van der Waals surface area contributed by atoms with Crippen LogP contribution in [0.4, 0.5) is 9.18 Å². The number of fused-ring (bicyclic) bond motifs is 1. The standard InChI is InChI=1S/C18H22FN3O2/c19-15-5-3-4-13(8-15)9-21-10-14-11-22(12-16(14)17(21)23)18(24)20-6-1-2-7-20/h3-5,8,14,16H,1-2,6-7,9-12H2/t14-,16+/m0/s1. The minimum Gasteiger partial charge on any atom is -0.338 e. The largest absolute Gasteiger partial charge is 0.338 e. The fraction of sp³-hybridized carbons (Fsp3) is 0.556. The van der Waals surface area contributed by atoms with Gasteiger partial charge in [-0.3, -0.25) is 4.79 Å². The summed E-state index contributed by atoms with van der Waals surface area (Å²) in [6.07, 6.45) is 2.15. The molecule has 3 amide bonds. The highest BCUT2D eigenvalue weighted by Gasteiger charge is 2.47. The molecular formula is C18H22FN3O2. The summed E-state index contributed by atoms with van der Waals surface area (Å²) in [6.45, 7) is 3.96. The van der Waals surface area contributed by atoms with E-state index < -0.39 is 0 Å². The summed E-state index contributed by atoms with van der Waals surface area (Å²) in [5.41, 5.74) is 0.813. The van der Waals surface area contributed by atoms with Crippen molar-refractivity contribution in [1.29, 1.82) is 0 Å². The Bertz CT molecular complexity index is 659. The van der Waals surface area contributed by atoms with Gasteiger partial charge in [-0.15, -0.1) is 0 Å². The van der Waals surface area contributed by atoms with Crippen LogP contribution in [0.15, 0.2) is 24.3 Å². The van der Waals surface area contributed by atoms with Gasteiger partial charge in [-0.1, -0.05) is 12.1 Å². The molecule has 2 atom stereocenters. The second-order valence-electron chi connectivity index (χ2n) is 7.10. The molecule has 0 saturated carbocycles. The molecule has 1 aromatic rings. The van der Waals surface area contributed by atoms with E-state index in [1.807, 2.05) is 20.8 Å². The highest BCUT2D eigenvalue weighted by Crippen LogP contribution is 2.34. The molecule has 0 bridgehead atoms. The topological polar surface area (TPSA) is 43.9 Å². The lowest BCUT2D eigenvalue weighted by Crippen LogP contribution is -2.42. The molecule has 3 saturated heterocycles. The third kappa shape index (κ3) is 2.74. The fourth-order valence-corrected chi connectivity index (χ4v) is 4.21. The number of nitrogens with zero attached hydrogens (tertiary/aromatic N) is 3. The van der Waals surface area contributed by atoms with Gasteiger partial charge in [0.05, 0.1) is 5.92 Å². The number of carbonyl (C=O) groups excluding carboxylic acids is 2. The summed E-state index contributed by atoms with van der Waals surface area (Å²) < 4.78 is 13.3. The maximum Gasteiger partial charge on any atom is 0.320 e. The van der Waals surface area contributed by atoms with Gasteiger partial charge >= 0.3 is 6.03 Å². The van der Waals surface area contributed by atoms with Gasteiger partial charge in [0.25, 0.3) is 0 Å². The molecule has 128 valence electrons. The summed E-state index contributed by atoms with van der Waals surface area (Å²) >= 11 is 0. The fourth-order valence-electron chi connectivity index (χ4n) is 4.21. The van der Waals surface area contributed by atoms with E-state index in [0.29, 0.717) is 26.2 Å². The van der Waals surface area contributed by atoms with Crippen molar-refractivity contribution in [2.75, 3.05) is 32.7 Å². The monoisotopic (exact) mass is 331 g/mol. The van der Waals surface area contributed by atoms with Gasteiger partial charge < -0.3 is 14.7 Å². The molecule has 3 aliphatic heterocycles. The van der Waals surface area contributed by atoms with Crippen molar-refractivity contribution in [1.82, 2.24) is 14.7 Å². The summed E-state index contributed by atoms with van der Waals surface area (Å²) in [4.78, 5) is 30.7. The summed E-state index contributed by atoms with van der Waals surface area (Å²) in [6, 6.07) is 6.48. The Kier molecular flexibility index (Phi) is 3.90. The summed E-state index contributed by atoms with van der Waals surface area (Å²) in [5, 5.41) is 0. The van der Waals surface area contributed by atoms with Gasteiger partial charge in [0.15, 0.2) is 0 Å². The minimum atomic E-state index is -0.276. The van der Waals surface area contributed by atoms with Gasteiger partial charge in [-0.05, 0) is 30.5 Å². The van der Waals surface area contributed by atoms with Gasteiger partial charge in [-0.2, -0.15) is 0 Å².